The quantitative estimate of drug-likeness (QED) is 0.228. The first kappa shape index (κ1) is 28.7. The van der Waals surface area contributed by atoms with E-state index in [9.17, 15) is 14.7 Å². The number of aliphatic hydroxyl groups is 1. The van der Waals surface area contributed by atoms with Gasteiger partial charge in [-0.15, -0.1) is 0 Å². The number of hydrogen-bond donors (Lipinski definition) is 1. The molecule has 0 unspecified atom stereocenters. The average molecular weight is 555 g/mol. The van der Waals surface area contributed by atoms with Crippen molar-refractivity contribution in [2.45, 2.75) is 97.4 Å². The van der Waals surface area contributed by atoms with Gasteiger partial charge in [-0.1, -0.05) is 64.6 Å². The topological polar surface area (TPSA) is 72.8 Å². The van der Waals surface area contributed by atoms with E-state index in [0.29, 0.717) is 19.4 Å². The van der Waals surface area contributed by atoms with Crippen molar-refractivity contribution < 1.29 is 28.6 Å². The molecule has 0 aromatic rings. The van der Waals surface area contributed by atoms with E-state index in [2.05, 4.69) is 6.92 Å². The lowest BCUT2D eigenvalue weighted by atomic mass is 9.46. The molecule has 0 saturated heterocycles. The van der Waals surface area contributed by atoms with Gasteiger partial charge in [0, 0.05) is 29.6 Å². The summed E-state index contributed by atoms with van der Waals surface area (Å²) in [5.74, 6) is -1.63. The van der Waals surface area contributed by atoms with Crippen molar-refractivity contribution in [2.24, 2.45) is 34.5 Å². The van der Waals surface area contributed by atoms with Crippen molar-refractivity contribution in [3.63, 3.8) is 0 Å². The van der Waals surface area contributed by atoms with Crippen molar-refractivity contribution in [3.8, 4) is 0 Å². The minimum Gasteiger partial charge on any atom is -0.483 e. The third-order valence-electron chi connectivity index (χ3n) is 9.93. The number of carbonyl (C=O) groups excluding carboxylic acids is 2. The summed E-state index contributed by atoms with van der Waals surface area (Å²) in [6.45, 7) is 9.87. The average Bonchev–Trinajstić information content (AvgIpc) is 3.03. The number of alkyl halides is 1. The first-order valence-electron chi connectivity index (χ1n) is 13.7. The highest BCUT2D eigenvalue weighted by Gasteiger charge is 2.73. The normalized spacial score (nSPS) is 42.6. The van der Waals surface area contributed by atoms with Gasteiger partial charge in [-0.2, -0.15) is 0 Å². The van der Waals surface area contributed by atoms with E-state index in [0.717, 1.165) is 25.7 Å². The van der Waals surface area contributed by atoms with Crippen LogP contribution in [-0.2, 0) is 19.1 Å². The Hall–Kier alpha value is -1.31. The van der Waals surface area contributed by atoms with Gasteiger partial charge in [0.1, 0.15) is 6.17 Å². The van der Waals surface area contributed by atoms with Crippen LogP contribution in [0.15, 0.2) is 22.8 Å². The maximum Gasteiger partial charge on any atom is 0.303 e. The van der Waals surface area contributed by atoms with E-state index in [4.69, 9.17) is 33.3 Å². The molecule has 3 saturated carbocycles. The summed E-state index contributed by atoms with van der Waals surface area (Å²) < 4.78 is 28.1. The van der Waals surface area contributed by atoms with Crippen molar-refractivity contribution in [1.82, 2.24) is 0 Å². The van der Waals surface area contributed by atoms with E-state index < -0.39 is 40.5 Å². The summed E-state index contributed by atoms with van der Waals surface area (Å²) >= 11 is 12.2. The Morgan fingerprint density at radius 2 is 1.97 bits per heavy atom. The molecule has 0 amide bonds. The minimum atomic E-state index is -1.40. The molecule has 4 rings (SSSR count). The van der Waals surface area contributed by atoms with Crippen LogP contribution in [0.25, 0.3) is 0 Å². The maximum absolute atomic E-state index is 15.8. The SMILES string of the molecule is CCCCCCOC(=S)[C@@]1(OC(C)=O)[C@H](C)C[C@H]2[C@@H]3C[C@H](F)C4=C(Cl)C(=O)C=C[C@]4(C)[C@H]3[C@@H](O)C[C@@]21C. The van der Waals surface area contributed by atoms with Gasteiger partial charge in [0.25, 0.3) is 0 Å². The van der Waals surface area contributed by atoms with E-state index in [-0.39, 0.29) is 45.7 Å². The molecule has 206 valence electrons. The van der Waals surface area contributed by atoms with E-state index in [1.807, 2.05) is 20.8 Å². The van der Waals surface area contributed by atoms with Crippen LogP contribution in [0.4, 0.5) is 4.39 Å². The van der Waals surface area contributed by atoms with Gasteiger partial charge in [0.15, 0.2) is 11.4 Å². The molecule has 0 aromatic carbocycles. The zero-order valence-corrected chi connectivity index (χ0v) is 24.1. The Morgan fingerprint density at radius 1 is 1.27 bits per heavy atom. The van der Waals surface area contributed by atoms with Gasteiger partial charge >= 0.3 is 5.97 Å². The summed E-state index contributed by atoms with van der Waals surface area (Å²) in [7, 11) is 0. The summed E-state index contributed by atoms with van der Waals surface area (Å²) in [5, 5.41) is 11.9. The molecule has 9 atom stereocenters. The second-order valence-corrected chi connectivity index (χ2v) is 12.8. The van der Waals surface area contributed by atoms with Crippen molar-refractivity contribution in [1.29, 1.82) is 0 Å². The Balaban J connectivity index is 1.72. The van der Waals surface area contributed by atoms with Crippen molar-refractivity contribution in [2.75, 3.05) is 6.61 Å². The van der Waals surface area contributed by atoms with Gasteiger partial charge in [0.2, 0.25) is 5.05 Å². The fourth-order valence-electron chi connectivity index (χ4n) is 8.47. The van der Waals surface area contributed by atoms with E-state index >= 15 is 4.39 Å². The molecule has 4 aliphatic carbocycles. The molecule has 0 aliphatic heterocycles. The number of unbranched alkanes of at least 4 members (excludes halogenated alkanes) is 3. The van der Waals surface area contributed by atoms with Crippen LogP contribution in [0.3, 0.4) is 0 Å². The standard InChI is InChI=1S/C29H40ClFO5S/c1-6-7-8-9-12-35-26(37)29(36-17(3)32)16(2)13-19-18-14-20(31)24-25(30)21(33)10-11-27(24,4)23(18)22(34)15-28(19,29)5/h10-11,16,18-20,22-23,34H,6-9,12-15H2,1-5H3/t16-,18+,19+,20+,22+,23-,27-,28+,29+/m1/s1. The number of thiocarbonyl (C=S) groups is 1. The predicted octanol–water partition coefficient (Wildman–Crippen LogP) is 6.25. The number of esters is 1. The number of rotatable bonds is 7. The molecule has 0 heterocycles. The summed E-state index contributed by atoms with van der Waals surface area (Å²) in [4.78, 5) is 24.8. The Morgan fingerprint density at radius 3 is 2.62 bits per heavy atom. The van der Waals surface area contributed by atoms with E-state index in [1.54, 1.807) is 6.08 Å². The van der Waals surface area contributed by atoms with Gasteiger partial charge in [-0.05, 0) is 61.4 Å². The number of fused-ring (bicyclic) bond motifs is 5. The van der Waals surface area contributed by atoms with Crippen LogP contribution >= 0.6 is 23.8 Å². The highest BCUT2D eigenvalue weighted by Crippen LogP contribution is 2.70. The number of aliphatic hydroxyl groups excluding tert-OH is 1. The molecule has 3 fully saturated rings. The van der Waals surface area contributed by atoms with Gasteiger partial charge < -0.3 is 14.6 Å². The smallest absolute Gasteiger partial charge is 0.303 e. The monoisotopic (exact) mass is 554 g/mol. The summed E-state index contributed by atoms with van der Waals surface area (Å²) in [6, 6.07) is 0. The number of halogens is 2. The van der Waals surface area contributed by atoms with Gasteiger partial charge in [-0.25, -0.2) is 4.39 Å². The molecular formula is C29H40ClFO5S. The van der Waals surface area contributed by atoms with Crippen LogP contribution < -0.4 is 0 Å². The van der Waals surface area contributed by atoms with Crippen LogP contribution in [0, 0.1) is 34.5 Å². The fraction of sp³-hybridized carbons (Fsp3) is 0.759. The lowest BCUT2D eigenvalue weighted by Crippen LogP contribution is -2.64. The summed E-state index contributed by atoms with van der Waals surface area (Å²) in [5.41, 5.74) is -2.53. The Labute approximate surface area is 230 Å². The number of allylic oxidation sites excluding steroid dienone is 4. The van der Waals surface area contributed by atoms with Crippen LogP contribution in [0.2, 0.25) is 0 Å². The van der Waals surface area contributed by atoms with Crippen LogP contribution in [-0.4, -0.2) is 46.4 Å². The first-order valence-corrected chi connectivity index (χ1v) is 14.5. The highest BCUT2D eigenvalue weighted by molar-refractivity contribution is 7.80. The van der Waals surface area contributed by atoms with Crippen LogP contribution in [0.5, 0.6) is 0 Å². The molecule has 37 heavy (non-hydrogen) atoms. The highest BCUT2D eigenvalue weighted by atomic mass is 35.5. The number of hydrogen-bond acceptors (Lipinski definition) is 6. The fourth-order valence-corrected chi connectivity index (χ4v) is 9.42. The largest absolute Gasteiger partial charge is 0.483 e. The zero-order valence-electron chi connectivity index (χ0n) is 22.5. The molecule has 1 N–H and O–H groups in total. The molecular weight excluding hydrogens is 515 g/mol. The Bertz CT molecular complexity index is 1030. The molecule has 0 spiro atoms. The number of ether oxygens (including phenoxy) is 2. The Kier molecular flexibility index (Phi) is 8.02. The zero-order chi connectivity index (χ0) is 27.3. The molecule has 4 aliphatic rings. The first-order chi connectivity index (χ1) is 17.3. The van der Waals surface area contributed by atoms with Gasteiger partial charge in [-0.3, -0.25) is 9.59 Å². The third kappa shape index (κ3) is 4.31. The van der Waals surface area contributed by atoms with E-state index in [1.165, 1.54) is 13.0 Å². The molecule has 5 nitrogen and oxygen atoms in total. The number of carbonyl (C=O) groups is 2. The lowest BCUT2D eigenvalue weighted by molar-refractivity contribution is -0.186. The molecule has 0 radical (unpaired) electrons. The third-order valence-corrected chi connectivity index (χ3v) is 10.7. The van der Waals surface area contributed by atoms with Crippen LogP contribution in [0.1, 0.15) is 79.6 Å². The molecule has 8 heteroatoms. The predicted molar refractivity (Wildman–Crippen MR) is 145 cm³/mol. The minimum absolute atomic E-state index is 0.0665. The van der Waals surface area contributed by atoms with Gasteiger partial charge in [0.05, 0.1) is 17.7 Å². The second-order valence-electron chi connectivity index (χ2n) is 12.1. The molecule has 0 aromatic heterocycles. The van der Waals surface area contributed by atoms with Crippen molar-refractivity contribution in [3.05, 3.63) is 22.8 Å². The summed E-state index contributed by atoms with van der Waals surface area (Å²) in [6.07, 6.45) is 6.13. The second kappa shape index (κ2) is 10.3. The van der Waals surface area contributed by atoms with Crippen molar-refractivity contribution >= 4 is 40.6 Å². The maximum atomic E-state index is 15.8. The number of ketones is 1. The lowest BCUT2D eigenvalue weighted by Gasteiger charge is -2.60. The molecule has 0 bridgehead atoms.